The van der Waals surface area contributed by atoms with Gasteiger partial charge in [-0.15, -0.1) is 0 Å². The third-order valence-corrected chi connectivity index (χ3v) is 5.25. The predicted octanol–water partition coefficient (Wildman–Crippen LogP) is 1.86. The molecule has 8 heteroatoms. The molecule has 0 unspecified atom stereocenters. The number of para-hydroxylation sites is 1. The lowest BCUT2D eigenvalue weighted by molar-refractivity contribution is -0.121. The molecular formula is C18H21N3O4S. The normalized spacial score (nSPS) is 11.7. The highest BCUT2D eigenvalue weighted by Crippen LogP contribution is 2.15. The zero-order valence-electron chi connectivity index (χ0n) is 14.6. The third kappa shape index (κ3) is 5.14. The van der Waals surface area contributed by atoms with Crippen molar-refractivity contribution >= 4 is 22.1 Å². The summed E-state index contributed by atoms with van der Waals surface area (Å²) in [5, 5.41) is 3.87. The van der Waals surface area contributed by atoms with Gasteiger partial charge >= 0.3 is 0 Å². The van der Waals surface area contributed by atoms with Crippen LogP contribution in [0.2, 0.25) is 0 Å². The van der Waals surface area contributed by atoms with Crippen LogP contribution in [0.1, 0.15) is 12.5 Å². The van der Waals surface area contributed by atoms with Gasteiger partial charge in [0.2, 0.25) is 10.0 Å². The number of amides is 1. The molecule has 2 aromatic carbocycles. The number of carbonyl (C=O) groups excluding carboxylic acids is 1. The molecule has 0 aliphatic carbocycles. The molecule has 138 valence electrons. The molecule has 0 aliphatic heterocycles. The number of benzene rings is 2. The minimum Gasteiger partial charge on any atom is -0.493 e. The van der Waals surface area contributed by atoms with Crippen LogP contribution in [-0.2, 0) is 14.8 Å². The smallest absolute Gasteiger partial charge is 0.255 e. The minimum absolute atomic E-state index is 0.129. The SMILES string of the molecule is CCOc1ccccc1/C=N\NC(=O)CN(C)S(=O)(=O)c1ccccc1. The highest BCUT2D eigenvalue weighted by atomic mass is 32.2. The van der Waals surface area contributed by atoms with Gasteiger partial charge in [0.25, 0.3) is 5.91 Å². The van der Waals surface area contributed by atoms with Gasteiger partial charge in [0.05, 0.1) is 24.3 Å². The van der Waals surface area contributed by atoms with E-state index in [-0.39, 0.29) is 11.4 Å². The summed E-state index contributed by atoms with van der Waals surface area (Å²) >= 11 is 0. The zero-order chi connectivity index (χ0) is 19.0. The molecule has 7 nitrogen and oxygen atoms in total. The molecule has 0 bridgehead atoms. The van der Waals surface area contributed by atoms with Crippen LogP contribution in [0.4, 0.5) is 0 Å². The maximum absolute atomic E-state index is 12.4. The number of hydrogen-bond acceptors (Lipinski definition) is 5. The Morgan fingerprint density at radius 2 is 1.81 bits per heavy atom. The average molecular weight is 375 g/mol. The Kier molecular flexibility index (Phi) is 6.88. The minimum atomic E-state index is -3.72. The van der Waals surface area contributed by atoms with E-state index in [1.807, 2.05) is 19.1 Å². The molecular weight excluding hydrogens is 354 g/mol. The first-order valence-electron chi connectivity index (χ1n) is 8.00. The predicted molar refractivity (Wildman–Crippen MR) is 99.6 cm³/mol. The lowest BCUT2D eigenvalue weighted by Crippen LogP contribution is -2.36. The molecule has 0 radical (unpaired) electrons. The molecule has 0 saturated heterocycles. The van der Waals surface area contributed by atoms with Gasteiger partial charge in [-0.3, -0.25) is 4.79 Å². The summed E-state index contributed by atoms with van der Waals surface area (Å²) in [7, 11) is -2.38. The van der Waals surface area contributed by atoms with Crippen molar-refractivity contribution in [2.45, 2.75) is 11.8 Å². The molecule has 26 heavy (non-hydrogen) atoms. The van der Waals surface area contributed by atoms with E-state index in [9.17, 15) is 13.2 Å². The first-order valence-corrected chi connectivity index (χ1v) is 9.44. The van der Waals surface area contributed by atoms with Crippen molar-refractivity contribution in [2.24, 2.45) is 5.10 Å². The second-order valence-electron chi connectivity index (χ2n) is 5.34. The van der Waals surface area contributed by atoms with E-state index in [0.29, 0.717) is 17.9 Å². The summed E-state index contributed by atoms with van der Waals surface area (Å²) < 4.78 is 31.2. The molecule has 1 N–H and O–H groups in total. The Hall–Kier alpha value is -2.71. The number of likely N-dealkylation sites (N-methyl/N-ethyl adjacent to an activating group) is 1. The van der Waals surface area contributed by atoms with Crippen molar-refractivity contribution in [1.82, 2.24) is 9.73 Å². The first kappa shape index (κ1) is 19.6. The number of sulfonamides is 1. The first-order chi connectivity index (χ1) is 12.4. The van der Waals surface area contributed by atoms with E-state index >= 15 is 0 Å². The van der Waals surface area contributed by atoms with E-state index in [1.54, 1.807) is 30.3 Å². The van der Waals surface area contributed by atoms with Crippen LogP contribution in [0.3, 0.4) is 0 Å². The van der Waals surface area contributed by atoms with Gasteiger partial charge < -0.3 is 4.74 Å². The fourth-order valence-electron chi connectivity index (χ4n) is 2.14. The monoisotopic (exact) mass is 375 g/mol. The van der Waals surface area contributed by atoms with Crippen LogP contribution in [0.15, 0.2) is 64.6 Å². The van der Waals surface area contributed by atoms with Crippen LogP contribution in [-0.4, -0.2) is 45.0 Å². The molecule has 0 heterocycles. The number of rotatable bonds is 8. The molecule has 0 spiro atoms. The Morgan fingerprint density at radius 3 is 2.50 bits per heavy atom. The maximum Gasteiger partial charge on any atom is 0.255 e. The number of hydrogen-bond donors (Lipinski definition) is 1. The van der Waals surface area contributed by atoms with Gasteiger partial charge in [0.15, 0.2) is 0 Å². The van der Waals surface area contributed by atoms with Crippen molar-refractivity contribution in [3.05, 3.63) is 60.2 Å². The van der Waals surface area contributed by atoms with Gasteiger partial charge in [0.1, 0.15) is 5.75 Å². The summed E-state index contributed by atoms with van der Waals surface area (Å²) in [6.45, 7) is 2.04. The highest BCUT2D eigenvalue weighted by molar-refractivity contribution is 7.89. The van der Waals surface area contributed by atoms with Crippen LogP contribution in [0.5, 0.6) is 5.75 Å². The standard InChI is InChI=1S/C18H21N3O4S/c1-3-25-17-12-8-7-9-15(17)13-19-20-18(22)14-21(2)26(23,24)16-10-5-4-6-11-16/h4-13H,3,14H2,1-2H3,(H,20,22)/b19-13-. The molecule has 0 atom stereocenters. The van der Waals surface area contributed by atoms with Crippen molar-refractivity contribution in [3.8, 4) is 5.75 Å². The number of hydrazone groups is 1. The number of nitrogens with zero attached hydrogens (tertiary/aromatic N) is 2. The van der Waals surface area contributed by atoms with Gasteiger partial charge in [-0.1, -0.05) is 30.3 Å². The highest BCUT2D eigenvalue weighted by Gasteiger charge is 2.22. The molecule has 2 rings (SSSR count). The number of nitrogens with one attached hydrogen (secondary N) is 1. The van der Waals surface area contributed by atoms with Crippen molar-refractivity contribution in [3.63, 3.8) is 0 Å². The second-order valence-corrected chi connectivity index (χ2v) is 7.38. The fraction of sp³-hybridized carbons (Fsp3) is 0.222. The quantitative estimate of drug-likeness (QED) is 0.563. The Labute approximate surface area is 153 Å². The molecule has 1 amide bonds. The molecule has 0 fully saturated rings. The van der Waals surface area contributed by atoms with Gasteiger partial charge in [-0.2, -0.15) is 9.41 Å². The van der Waals surface area contributed by atoms with Gasteiger partial charge in [0, 0.05) is 12.6 Å². The van der Waals surface area contributed by atoms with Crippen molar-refractivity contribution in [2.75, 3.05) is 20.2 Å². The summed E-state index contributed by atoms with van der Waals surface area (Å²) in [6.07, 6.45) is 1.45. The number of carbonyl (C=O) groups is 1. The summed E-state index contributed by atoms with van der Waals surface area (Å²) in [5.41, 5.74) is 3.03. The Balaban J connectivity index is 1.97. The topological polar surface area (TPSA) is 88.1 Å². The lowest BCUT2D eigenvalue weighted by Gasteiger charge is -2.15. The fourth-order valence-corrected chi connectivity index (χ4v) is 3.29. The summed E-state index contributed by atoms with van der Waals surface area (Å²) in [6, 6.07) is 15.2. The van der Waals surface area contributed by atoms with E-state index in [0.717, 1.165) is 4.31 Å². The average Bonchev–Trinajstić information content (AvgIpc) is 2.64. The molecule has 0 aromatic heterocycles. The van der Waals surface area contributed by atoms with Crippen LogP contribution >= 0.6 is 0 Å². The molecule has 0 saturated carbocycles. The van der Waals surface area contributed by atoms with Crippen molar-refractivity contribution in [1.29, 1.82) is 0 Å². The van der Waals surface area contributed by atoms with Crippen molar-refractivity contribution < 1.29 is 17.9 Å². The lowest BCUT2D eigenvalue weighted by atomic mass is 10.2. The Morgan fingerprint density at radius 1 is 1.15 bits per heavy atom. The number of ether oxygens (including phenoxy) is 1. The van der Waals surface area contributed by atoms with Gasteiger partial charge in [-0.05, 0) is 31.2 Å². The van der Waals surface area contributed by atoms with Gasteiger partial charge in [-0.25, -0.2) is 13.8 Å². The van der Waals surface area contributed by atoms with E-state index in [4.69, 9.17) is 4.74 Å². The van der Waals surface area contributed by atoms with E-state index in [1.165, 1.54) is 25.4 Å². The summed E-state index contributed by atoms with van der Waals surface area (Å²) in [4.78, 5) is 12.1. The Bertz CT molecular complexity index is 867. The second kappa shape index (κ2) is 9.12. The third-order valence-electron chi connectivity index (χ3n) is 3.43. The zero-order valence-corrected chi connectivity index (χ0v) is 15.4. The molecule has 2 aromatic rings. The van der Waals surface area contributed by atoms with Crippen LogP contribution < -0.4 is 10.2 Å². The van der Waals surface area contributed by atoms with Crippen LogP contribution in [0.25, 0.3) is 0 Å². The maximum atomic E-state index is 12.4. The van der Waals surface area contributed by atoms with E-state index in [2.05, 4.69) is 10.5 Å². The largest absolute Gasteiger partial charge is 0.493 e. The van der Waals surface area contributed by atoms with E-state index < -0.39 is 15.9 Å². The summed E-state index contributed by atoms with van der Waals surface area (Å²) in [5.74, 6) is 0.105. The van der Waals surface area contributed by atoms with Crippen LogP contribution in [0, 0.1) is 0 Å². The molecule has 0 aliphatic rings.